The van der Waals surface area contributed by atoms with E-state index in [4.69, 9.17) is 4.74 Å². The van der Waals surface area contributed by atoms with Crippen LogP contribution in [0, 0.1) is 0 Å². The van der Waals surface area contributed by atoms with Crippen molar-refractivity contribution in [2.45, 2.75) is 50.1 Å². The minimum atomic E-state index is -0.828. The van der Waals surface area contributed by atoms with Crippen LogP contribution in [0.1, 0.15) is 31.2 Å². The van der Waals surface area contributed by atoms with Crippen LogP contribution in [0.2, 0.25) is 0 Å². The highest BCUT2D eigenvalue weighted by atomic mass is 16.5. The fourth-order valence-corrected chi connectivity index (χ4v) is 2.67. The van der Waals surface area contributed by atoms with Crippen molar-refractivity contribution in [1.82, 2.24) is 0 Å². The molecule has 1 heterocycles. The molecule has 1 aliphatic heterocycles. The summed E-state index contributed by atoms with van der Waals surface area (Å²) in [7, 11) is 0. The van der Waals surface area contributed by atoms with Gasteiger partial charge in [0.2, 0.25) is 0 Å². The predicted molar refractivity (Wildman–Crippen MR) is 91.0 cm³/mol. The van der Waals surface area contributed by atoms with E-state index < -0.39 is 24.3 Å². The highest BCUT2D eigenvalue weighted by Crippen LogP contribution is 2.17. The second-order valence-electron chi connectivity index (χ2n) is 6.05. The number of esters is 1. The molecule has 0 unspecified atom stereocenters. The summed E-state index contributed by atoms with van der Waals surface area (Å²) in [6, 6.07) is 9.57. The molecular weight excluding hydrogens is 308 g/mol. The molecule has 0 fully saturated rings. The summed E-state index contributed by atoms with van der Waals surface area (Å²) in [5.41, 5.74) is 0.971. The molecule has 0 aliphatic carbocycles. The Morgan fingerprint density at radius 2 is 1.88 bits per heavy atom. The van der Waals surface area contributed by atoms with Gasteiger partial charge < -0.3 is 20.1 Å². The largest absolute Gasteiger partial charge is 0.459 e. The van der Waals surface area contributed by atoms with Crippen molar-refractivity contribution in [3.63, 3.8) is 0 Å². The molecule has 0 bridgehead atoms. The molecule has 0 amide bonds. The summed E-state index contributed by atoms with van der Waals surface area (Å²) < 4.78 is 5.08. The van der Waals surface area contributed by atoms with Crippen LogP contribution in [0.4, 0.5) is 0 Å². The number of cyclic esters (lactones) is 1. The number of hydrogen-bond donors (Lipinski definition) is 3. The molecule has 0 aromatic heterocycles. The molecule has 5 nitrogen and oxygen atoms in total. The van der Waals surface area contributed by atoms with E-state index in [1.165, 1.54) is 6.08 Å². The van der Waals surface area contributed by atoms with Gasteiger partial charge in [-0.05, 0) is 12.0 Å². The van der Waals surface area contributed by atoms with Crippen molar-refractivity contribution >= 4 is 12.0 Å². The first-order chi connectivity index (χ1) is 11.5. The molecule has 24 heavy (non-hydrogen) atoms. The van der Waals surface area contributed by atoms with E-state index in [0.29, 0.717) is 6.42 Å². The van der Waals surface area contributed by atoms with Crippen molar-refractivity contribution < 1.29 is 24.9 Å². The topological polar surface area (TPSA) is 87.0 Å². The number of ether oxygens (including phenoxy) is 1. The average Bonchev–Trinajstić information content (AvgIpc) is 2.53. The lowest BCUT2D eigenvalue weighted by Gasteiger charge is -2.23. The summed E-state index contributed by atoms with van der Waals surface area (Å²) in [6.45, 7) is 0. The normalized spacial score (nSPS) is 21.5. The highest BCUT2D eigenvalue weighted by molar-refractivity contribution is 5.82. The van der Waals surface area contributed by atoms with E-state index in [9.17, 15) is 20.1 Å². The summed E-state index contributed by atoms with van der Waals surface area (Å²) in [5, 5.41) is 29.9. The Labute approximate surface area is 141 Å². The maximum atomic E-state index is 11.1. The SMILES string of the molecule is O=C1C=CC[C@H](C[C@H](O)C[C@H](O)C[C@H](O)/C=C/c2ccccc2)O1. The van der Waals surface area contributed by atoms with Crippen molar-refractivity contribution in [3.05, 3.63) is 54.1 Å². The van der Waals surface area contributed by atoms with Crippen LogP contribution in [0.3, 0.4) is 0 Å². The van der Waals surface area contributed by atoms with Crippen LogP contribution < -0.4 is 0 Å². The highest BCUT2D eigenvalue weighted by Gasteiger charge is 2.22. The number of carbonyl (C=O) groups excluding carboxylic acids is 1. The van der Waals surface area contributed by atoms with Crippen molar-refractivity contribution in [2.24, 2.45) is 0 Å². The molecule has 1 aromatic rings. The Bertz CT molecular complexity index is 566. The van der Waals surface area contributed by atoms with Crippen LogP contribution in [0.25, 0.3) is 6.08 Å². The zero-order chi connectivity index (χ0) is 17.4. The van der Waals surface area contributed by atoms with E-state index in [0.717, 1.165) is 5.56 Å². The Morgan fingerprint density at radius 3 is 2.58 bits per heavy atom. The standard InChI is InChI=1S/C19H24O5/c20-15(10-9-14-5-2-1-3-6-14)11-16(21)12-17(22)13-18-7-4-8-19(23)24-18/h1-6,8-10,15-18,20-22H,7,11-13H2/b10-9+/t15-,16-,17-,18-/m1/s1. The van der Waals surface area contributed by atoms with Crippen LogP contribution in [0.5, 0.6) is 0 Å². The maximum absolute atomic E-state index is 11.1. The molecule has 5 heteroatoms. The molecule has 4 atom stereocenters. The van der Waals surface area contributed by atoms with Gasteiger partial charge >= 0.3 is 5.97 Å². The Kier molecular flexibility index (Phi) is 7.18. The first kappa shape index (κ1) is 18.4. The smallest absolute Gasteiger partial charge is 0.330 e. The van der Waals surface area contributed by atoms with Gasteiger partial charge in [0.15, 0.2) is 0 Å². The van der Waals surface area contributed by atoms with Gasteiger partial charge in [-0.15, -0.1) is 0 Å². The van der Waals surface area contributed by atoms with Gasteiger partial charge in [0, 0.05) is 25.3 Å². The number of aliphatic hydroxyl groups excluding tert-OH is 3. The van der Waals surface area contributed by atoms with E-state index in [1.807, 2.05) is 30.3 Å². The molecule has 3 N–H and O–H groups in total. The zero-order valence-electron chi connectivity index (χ0n) is 13.5. The number of benzene rings is 1. The maximum Gasteiger partial charge on any atom is 0.330 e. The van der Waals surface area contributed by atoms with Crippen molar-refractivity contribution in [1.29, 1.82) is 0 Å². The summed E-state index contributed by atoms with van der Waals surface area (Å²) >= 11 is 0. The number of aliphatic hydroxyl groups is 3. The lowest BCUT2D eigenvalue weighted by Crippen LogP contribution is -2.28. The first-order valence-electron chi connectivity index (χ1n) is 8.17. The fraction of sp³-hybridized carbons (Fsp3) is 0.421. The van der Waals surface area contributed by atoms with E-state index in [-0.39, 0.29) is 25.4 Å². The van der Waals surface area contributed by atoms with Crippen LogP contribution >= 0.6 is 0 Å². The predicted octanol–water partition coefficient (Wildman–Crippen LogP) is 1.82. The van der Waals surface area contributed by atoms with Crippen LogP contribution in [-0.2, 0) is 9.53 Å². The van der Waals surface area contributed by atoms with E-state index in [1.54, 1.807) is 18.2 Å². The number of hydrogen-bond acceptors (Lipinski definition) is 5. The second-order valence-corrected chi connectivity index (χ2v) is 6.05. The molecule has 1 aliphatic rings. The fourth-order valence-electron chi connectivity index (χ4n) is 2.67. The monoisotopic (exact) mass is 332 g/mol. The number of rotatable bonds is 8. The van der Waals surface area contributed by atoms with Gasteiger partial charge in [-0.2, -0.15) is 0 Å². The molecule has 0 radical (unpaired) electrons. The summed E-state index contributed by atoms with van der Waals surface area (Å²) in [5.74, 6) is -0.402. The Morgan fingerprint density at radius 1 is 1.12 bits per heavy atom. The number of carbonyl (C=O) groups is 1. The first-order valence-corrected chi connectivity index (χ1v) is 8.17. The van der Waals surface area contributed by atoms with E-state index >= 15 is 0 Å². The molecular formula is C19H24O5. The quantitative estimate of drug-likeness (QED) is 0.632. The van der Waals surface area contributed by atoms with Crippen LogP contribution in [0.15, 0.2) is 48.6 Å². The van der Waals surface area contributed by atoms with Crippen LogP contribution in [-0.4, -0.2) is 45.7 Å². The molecule has 2 rings (SSSR count). The molecule has 0 saturated heterocycles. The molecule has 0 spiro atoms. The van der Waals surface area contributed by atoms with Gasteiger partial charge in [-0.3, -0.25) is 0 Å². The van der Waals surface area contributed by atoms with E-state index in [2.05, 4.69) is 0 Å². The molecule has 1 aromatic carbocycles. The lowest BCUT2D eigenvalue weighted by molar-refractivity contribution is -0.145. The summed E-state index contributed by atoms with van der Waals surface area (Å²) in [4.78, 5) is 11.1. The van der Waals surface area contributed by atoms with Gasteiger partial charge in [-0.25, -0.2) is 4.79 Å². The van der Waals surface area contributed by atoms with Crippen molar-refractivity contribution in [2.75, 3.05) is 0 Å². The third kappa shape index (κ3) is 6.66. The second kappa shape index (κ2) is 9.37. The van der Waals surface area contributed by atoms with Gasteiger partial charge in [0.1, 0.15) is 6.10 Å². The van der Waals surface area contributed by atoms with Crippen molar-refractivity contribution in [3.8, 4) is 0 Å². The Balaban J connectivity index is 1.71. The molecule has 130 valence electrons. The summed E-state index contributed by atoms with van der Waals surface area (Å²) in [6.07, 6.45) is 4.88. The zero-order valence-corrected chi connectivity index (χ0v) is 13.5. The lowest BCUT2D eigenvalue weighted by atomic mass is 9.99. The van der Waals surface area contributed by atoms with Gasteiger partial charge in [-0.1, -0.05) is 48.6 Å². The van der Waals surface area contributed by atoms with Gasteiger partial charge in [0.25, 0.3) is 0 Å². The average molecular weight is 332 g/mol. The molecule has 0 saturated carbocycles. The minimum Gasteiger partial charge on any atom is -0.459 e. The third-order valence-corrected chi connectivity index (χ3v) is 3.84. The minimum absolute atomic E-state index is 0.133. The third-order valence-electron chi connectivity index (χ3n) is 3.84. The van der Waals surface area contributed by atoms with Gasteiger partial charge in [0.05, 0.1) is 18.3 Å². The Hall–Kier alpha value is -1.95.